The smallest absolute Gasteiger partial charge is 0.0792 e. The van der Waals surface area contributed by atoms with Crippen LogP contribution in [0.4, 0.5) is 0 Å². The second kappa shape index (κ2) is 4.27. The topological polar surface area (TPSA) is 20.2 Å². The zero-order valence-corrected chi connectivity index (χ0v) is 7.59. The van der Waals surface area contributed by atoms with Gasteiger partial charge in [0.15, 0.2) is 0 Å². The Balaban J connectivity index is 2.75. The largest absolute Gasteiger partial charge is 0.388 e. The summed E-state index contributed by atoms with van der Waals surface area (Å²) in [5.41, 5.74) is 2.10. The van der Waals surface area contributed by atoms with Crippen LogP contribution in [-0.4, -0.2) is 11.2 Å². The Kier molecular flexibility index (Phi) is 3.30. The van der Waals surface area contributed by atoms with Crippen molar-refractivity contribution in [1.82, 2.24) is 0 Å². The molecule has 0 bridgehead atoms. The molecule has 1 heteroatoms. The molecule has 1 saturated carbocycles. The highest BCUT2D eigenvalue weighted by Gasteiger charge is 2.17. The van der Waals surface area contributed by atoms with Gasteiger partial charge in [-0.1, -0.05) is 24.8 Å². The summed E-state index contributed by atoms with van der Waals surface area (Å²) in [4.78, 5) is 0. The molecule has 0 spiro atoms. The van der Waals surface area contributed by atoms with E-state index in [4.69, 9.17) is 0 Å². The molecule has 0 radical (unpaired) electrons. The molecule has 0 aromatic carbocycles. The van der Waals surface area contributed by atoms with Crippen LogP contribution in [0.5, 0.6) is 0 Å². The number of allylic oxidation sites excluding steroid dienone is 3. The number of hydrogen-bond acceptors (Lipinski definition) is 1. The third-order valence-electron chi connectivity index (χ3n) is 2.19. The Morgan fingerprint density at radius 1 is 1.58 bits per heavy atom. The SMILES string of the molecule is C=C1CCCC(O)/C1=C/C=C\C. The van der Waals surface area contributed by atoms with Crippen molar-refractivity contribution < 1.29 is 5.11 Å². The molecule has 0 aliphatic heterocycles. The van der Waals surface area contributed by atoms with Crippen molar-refractivity contribution in [2.24, 2.45) is 0 Å². The fourth-order valence-corrected chi connectivity index (χ4v) is 1.47. The molecule has 12 heavy (non-hydrogen) atoms. The normalized spacial score (nSPS) is 28.7. The van der Waals surface area contributed by atoms with E-state index in [1.807, 2.05) is 25.2 Å². The highest BCUT2D eigenvalue weighted by Crippen LogP contribution is 2.27. The molecular weight excluding hydrogens is 148 g/mol. The van der Waals surface area contributed by atoms with Crippen LogP contribution >= 0.6 is 0 Å². The van der Waals surface area contributed by atoms with E-state index in [1.54, 1.807) is 0 Å². The van der Waals surface area contributed by atoms with Gasteiger partial charge < -0.3 is 5.11 Å². The molecule has 66 valence electrons. The summed E-state index contributed by atoms with van der Waals surface area (Å²) in [5.74, 6) is 0. The predicted molar refractivity (Wildman–Crippen MR) is 51.9 cm³/mol. The Hall–Kier alpha value is -0.820. The highest BCUT2D eigenvalue weighted by molar-refractivity contribution is 5.36. The van der Waals surface area contributed by atoms with E-state index in [0.717, 1.165) is 30.4 Å². The zero-order chi connectivity index (χ0) is 8.97. The first-order valence-electron chi connectivity index (χ1n) is 4.44. The molecule has 0 heterocycles. The average molecular weight is 164 g/mol. The minimum Gasteiger partial charge on any atom is -0.388 e. The standard InChI is InChI=1S/C11H16O/c1-3-4-7-10-9(2)6-5-8-11(10)12/h3-4,7,11-12H,2,5-6,8H2,1H3/b4-3-,10-7+. The number of aliphatic hydroxyl groups excluding tert-OH is 1. The van der Waals surface area contributed by atoms with E-state index in [-0.39, 0.29) is 6.10 Å². The highest BCUT2D eigenvalue weighted by atomic mass is 16.3. The lowest BCUT2D eigenvalue weighted by Crippen LogP contribution is -2.16. The Morgan fingerprint density at radius 2 is 2.33 bits per heavy atom. The fraction of sp³-hybridized carbons (Fsp3) is 0.455. The van der Waals surface area contributed by atoms with Gasteiger partial charge in [-0.3, -0.25) is 0 Å². The van der Waals surface area contributed by atoms with Gasteiger partial charge in [0, 0.05) is 0 Å². The van der Waals surface area contributed by atoms with Crippen LogP contribution in [0.1, 0.15) is 26.2 Å². The monoisotopic (exact) mass is 164 g/mol. The maximum absolute atomic E-state index is 9.60. The minimum absolute atomic E-state index is 0.289. The molecular formula is C11H16O. The van der Waals surface area contributed by atoms with Crippen molar-refractivity contribution in [3.8, 4) is 0 Å². The van der Waals surface area contributed by atoms with Crippen molar-refractivity contribution >= 4 is 0 Å². The second-order valence-corrected chi connectivity index (χ2v) is 3.16. The van der Waals surface area contributed by atoms with Crippen LogP contribution in [0.25, 0.3) is 0 Å². The molecule has 1 aliphatic carbocycles. The van der Waals surface area contributed by atoms with Gasteiger partial charge in [0.05, 0.1) is 6.10 Å². The van der Waals surface area contributed by atoms with Gasteiger partial charge in [-0.15, -0.1) is 0 Å². The summed E-state index contributed by atoms with van der Waals surface area (Å²) in [5, 5.41) is 9.60. The maximum Gasteiger partial charge on any atom is 0.0792 e. The van der Waals surface area contributed by atoms with Crippen LogP contribution < -0.4 is 0 Å². The molecule has 1 nitrogen and oxygen atoms in total. The first-order chi connectivity index (χ1) is 5.75. The van der Waals surface area contributed by atoms with Crippen molar-refractivity contribution in [3.05, 3.63) is 36.0 Å². The van der Waals surface area contributed by atoms with E-state index in [9.17, 15) is 5.11 Å². The summed E-state index contributed by atoms with van der Waals surface area (Å²) >= 11 is 0. The fourth-order valence-electron chi connectivity index (χ4n) is 1.47. The Labute approximate surface area is 74.1 Å². The molecule has 0 saturated heterocycles. The molecule has 0 amide bonds. The number of aliphatic hydroxyl groups is 1. The third kappa shape index (κ3) is 2.08. The summed E-state index contributed by atoms with van der Waals surface area (Å²) in [6.45, 7) is 5.90. The van der Waals surface area contributed by atoms with Gasteiger partial charge in [0.25, 0.3) is 0 Å². The van der Waals surface area contributed by atoms with E-state index in [2.05, 4.69) is 6.58 Å². The van der Waals surface area contributed by atoms with Gasteiger partial charge >= 0.3 is 0 Å². The first-order valence-corrected chi connectivity index (χ1v) is 4.44. The molecule has 1 aliphatic rings. The Bertz CT molecular complexity index is 223. The van der Waals surface area contributed by atoms with Gasteiger partial charge in [-0.25, -0.2) is 0 Å². The quantitative estimate of drug-likeness (QED) is 0.631. The second-order valence-electron chi connectivity index (χ2n) is 3.16. The molecule has 0 aromatic rings. The van der Waals surface area contributed by atoms with Crippen LogP contribution in [0, 0.1) is 0 Å². The molecule has 1 fully saturated rings. The summed E-state index contributed by atoms with van der Waals surface area (Å²) in [6.07, 6.45) is 8.56. The van der Waals surface area contributed by atoms with Crippen molar-refractivity contribution in [2.45, 2.75) is 32.3 Å². The zero-order valence-electron chi connectivity index (χ0n) is 7.59. The van der Waals surface area contributed by atoms with Crippen LogP contribution in [0.15, 0.2) is 36.0 Å². The number of hydrogen-bond donors (Lipinski definition) is 1. The lowest BCUT2D eigenvalue weighted by atomic mass is 9.88. The van der Waals surface area contributed by atoms with E-state index in [0.29, 0.717) is 0 Å². The predicted octanol–water partition coefficient (Wildman–Crippen LogP) is 2.59. The van der Waals surface area contributed by atoms with E-state index in [1.165, 1.54) is 0 Å². The summed E-state index contributed by atoms with van der Waals surface area (Å²) < 4.78 is 0. The average Bonchev–Trinajstić information content (AvgIpc) is 2.04. The molecule has 1 rings (SSSR count). The lowest BCUT2D eigenvalue weighted by Gasteiger charge is -2.22. The maximum atomic E-state index is 9.60. The van der Waals surface area contributed by atoms with Crippen LogP contribution in [-0.2, 0) is 0 Å². The van der Waals surface area contributed by atoms with Crippen LogP contribution in [0.3, 0.4) is 0 Å². The van der Waals surface area contributed by atoms with Gasteiger partial charge in [0.1, 0.15) is 0 Å². The van der Waals surface area contributed by atoms with Crippen LogP contribution in [0.2, 0.25) is 0 Å². The molecule has 1 atom stereocenters. The summed E-state index contributed by atoms with van der Waals surface area (Å²) in [7, 11) is 0. The molecule has 1 N–H and O–H groups in total. The lowest BCUT2D eigenvalue weighted by molar-refractivity contribution is 0.190. The Morgan fingerprint density at radius 3 is 2.92 bits per heavy atom. The van der Waals surface area contributed by atoms with Crippen molar-refractivity contribution in [2.75, 3.05) is 0 Å². The van der Waals surface area contributed by atoms with E-state index >= 15 is 0 Å². The van der Waals surface area contributed by atoms with E-state index < -0.39 is 0 Å². The molecule has 0 aromatic heterocycles. The molecule has 1 unspecified atom stereocenters. The number of rotatable bonds is 1. The van der Waals surface area contributed by atoms with Gasteiger partial charge in [-0.2, -0.15) is 0 Å². The van der Waals surface area contributed by atoms with Crippen molar-refractivity contribution in [3.63, 3.8) is 0 Å². The van der Waals surface area contributed by atoms with Crippen molar-refractivity contribution in [1.29, 1.82) is 0 Å². The van der Waals surface area contributed by atoms with Gasteiger partial charge in [-0.05, 0) is 37.3 Å². The third-order valence-corrected chi connectivity index (χ3v) is 2.19. The van der Waals surface area contributed by atoms with Gasteiger partial charge in [0.2, 0.25) is 0 Å². The minimum atomic E-state index is -0.289. The first kappa shape index (κ1) is 9.27. The summed E-state index contributed by atoms with van der Waals surface area (Å²) in [6, 6.07) is 0.